The molecule has 0 saturated heterocycles. The molecule has 1 aliphatic heterocycles. The van der Waals surface area contributed by atoms with Gasteiger partial charge >= 0.3 is 0 Å². The van der Waals surface area contributed by atoms with Crippen molar-refractivity contribution in [3.63, 3.8) is 0 Å². The lowest BCUT2D eigenvalue weighted by Crippen LogP contribution is -2.20. The van der Waals surface area contributed by atoms with Crippen LogP contribution in [-0.4, -0.2) is 17.9 Å². The Morgan fingerprint density at radius 1 is 1.86 bits per heavy atom. The summed E-state index contributed by atoms with van der Waals surface area (Å²) in [6.45, 7) is 0.697. The van der Waals surface area contributed by atoms with Crippen molar-refractivity contribution in [2.45, 2.75) is 0 Å². The van der Waals surface area contributed by atoms with E-state index >= 15 is 0 Å². The van der Waals surface area contributed by atoms with Crippen molar-refractivity contribution in [3.05, 3.63) is 0 Å². The third-order valence-corrected chi connectivity index (χ3v) is 0.883. The molecule has 0 spiro atoms. The zero-order valence-corrected chi connectivity index (χ0v) is 4.46. The Morgan fingerprint density at radius 3 is 3.00 bits per heavy atom. The minimum atomic E-state index is 0.697. The minimum Gasteiger partial charge on any atom is -0.349 e. The number of hydrogen-bond donors (Lipinski definition) is 2. The molecule has 0 aliphatic carbocycles. The van der Waals surface area contributed by atoms with Crippen LogP contribution in [-0.2, 0) is 0 Å². The molecular weight excluding hydrogens is 110 g/mol. The molecule has 0 fully saturated rings. The van der Waals surface area contributed by atoms with E-state index in [1.807, 2.05) is 0 Å². The molecular formula is C3H5N3S. The lowest BCUT2D eigenvalue weighted by molar-refractivity contribution is 0.773. The van der Waals surface area contributed by atoms with Crippen LogP contribution in [0, 0.1) is 0 Å². The summed E-state index contributed by atoms with van der Waals surface area (Å²) in [5.41, 5.74) is 2.70. The highest BCUT2D eigenvalue weighted by atomic mass is 32.1. The van der Waals surface area contributed by atoms with Gasteiger partial charge in [0, 0.05) is 5.37 Å². The Kier molecular flexibility index (Phi) is 1.21. The van der Waals surface area contributed by atoms with Gasteiger partial charge in [-0.1, -0.05) is 12.2 Å². The van der Waals surface area contributed by atoms with Crippen LogP contribution in [0.1, 0.15) is 0 Å². The number of rotatable bonds is 1. The van der Waals surface area contributed by atoms with Crippen molar-refractivity contribution in [1.82, 2.24) is 10.7 Å². The number of hydrazone groups is 1. The van der Waals surface area contributed by atoms with Gasteiger partial charge in [0.05, 0.1) is 0 Å². The molecule has 3 nitrogen and oxygen atoms in total. The van der Waals surface area contributed by atoms with Gasteiger partial charge in [0.2, 0.25) is 0 Å². The van der Waals surface area contributed by atoms with Gasteiger partial charge in [-0.15, -0.1) is 0 Å². The quantitative estimate of drug-likeness (QED) is 0.450. The molecule has 0 saturated carbocycles. The number of hydrogen-bond acceptors (Lipinski definition) is 4. The highest BCUT2D eigenvalue weighted by Crippen LogP contribution is 1.72. The average Bonchev–Trinajstić information content (AvgIpc) is 2.14. The van der Waals surface area contributed by atoms with E-state index in [1.165, 1.54) is 5.37 Å². The van der Waals surface area contributed by atoms with Gasteiger partial charge in [-0.25, -0.2) is 0 Å². The molecule has 0 aromatic heterocycles. The van der Waals surface area contributed by atoms with Crippen molar-refractivity contribution in [2.75, 3.05) is 6.67 Å². The van der Waals surface area contributed by atoms with E-state index in [4.69, 9.17) is 0 Å². The summed E-state index contributed by atoms with van der Waals surface area (Å²) < 4.78 is 0. The Hall–Kier alpha value is -0.640. The maximum atomic E-state index is 4.55. The highest BCUT2D eigenvalue weighted by molar-refractivity contribution is 7.80. The monoisotopic (exact) mass is 115 g/mol. The lowest BCUT2D eigenvalue weighted by Gasteiger charge is -1.84. The van der Waals surface area contributed by atoms with Gasteiger partial charge in [-0.2, -0.15) is 5.10 Å². The Bertz CT molecular complexity index is 109. The molecule has 0 atom stereocenters. The summed E-state index contributed by atoms with van der Waals surface area (Å²) in [4.78, 5) is 0. The van der Waals surface area contributed by atoms with E-state index in [1.54, 1.807) is 0 Å². The number of nitrogens with zero attached hydrogens (tertiary/aromatic N) is 1. The molecule has 0 amide bonds. The van der Waals surface area contributed by atoms with E-state index in [2.05, 4.69) is 28.1 Å². The van der Waals surface area contributed by atoms with Gasteiger partial charge in [0.1, 0.15) is 6.67 Å². The van der Waals surface area contributed by atoms with Gasteiger partial charge in [0.25, 0.3) is 0 Å². The van der Waals surface area contributed by atoms with Crippen LogP contribution in [0.5, 0.6) is 0 Å². The Balaban J connectivity index is 2.51. The van der Waals surface area contributed by atoms with E-state index in [0.29, 0.717) is 6.67 Å². The van der Waals surface area contributed by atoms with Gasteiger partial charge < -0.3 is 5.32 Å². The van der Waals surface area contributed by atoms with Crippen molar-refractivity contribution in [1.29, 1.82) is 0 Å². The summed E-state index contributed by atoms with van der Waals surface area (Å²) in [7, 11) is 0. The molecule has 1 heterocycles. The van der Waals surface area contributed by atoms with Crippen LogP contribution >= 0.6 is 12.2 Å². The van der Waals surface area contributed by atoms with E-state index < -0.39 is 0 Å². The molecule has 0 bridgehead atoms. The van der Waals surface area contributed by atoms with Crippen molar-refractivity contribution in [3.8, 4) is 0 Å². The van der Waals surface area contributed by atoms with Crippen molar-refractivity contribution < 1.29 is 0 Å². The summed E-state index contributed by atoms with van der Waals surface area (Å²) in [6, 6.07) is 0. The molecule has 0 unspecified atom stereocenters. The topological polar surface area (TPSA) is 36.4 Å². The van der Waals surface area contributed by atoms with Crippen LogP contribution in [0.15, 0.2) is 5.10 Å². The molecule has 1 aliphatic rings. The highest BCUT2D eigenvalue weighted by Gasteiger charge is 1.96. The fourth-order valence-electron chi connectivity index (χ4n) is 0.362. The van der Waals surface area contributed by atoms with Gasteiger partial charge in [-0.3, -0.25) is 5.43 Å². The van der Waals surface area contributed by atoms with Crippen LogP contribution < -0.4 is 10.7 Å². The van der Waals surface area contributed by atoms with Crippen LogP contribution in [0.25, 0.3) is 0 Å². The van der Waals surface area contributed by atoms with Gasteiger partial charge in [0.15, 0.2) is 5.84 Å². The third-order valence-electron chi connectivity index (χ3n) is 0.660. The maximum absolute atomic E-state index is 4.55. The average molecular weight is 115 g/mol. The summed E-state index contributed by atoms with van der Waals surface area (Å²) in [6.07, 6.45) is 0. The predicted octanol–water partition coefficient (Wildman–Crippen LogP) is -0.550. The first-order chi connectivity index (χ1) is 3.43. The zero-order chi connectivity index (χ0) is 5.11. The molecule has 4 heteroatoms. The summed E-state index contributed by atoms with van der Waals surface area (Å²) in [5, 5.41) is 8.14. The van der Waals surface area contributed by atoms with Crippen molar-refractivity contribution in [2.24, 2.45) is 5.10 Å². The number of nitrogens with one attached hydrogen (secondary N) is 2. The number of thiocarbonyl (C=S) groups is 1. The summed E-state index contributed by atoms with van der Waals surface area (Å²) >= 11 is 4.55. The van der Waals surface area contributed by atoms with Gasteiger partial charge in [-0.05, 0) is 0 Å². The van der Waals surface area contributed by atoms with Crippen LogP contribution in [0.4, 0.5) is 0 Å². The van der Waals surface area contributed by atoms with E-state index in [0.717, 1.165) is 5.84 Å². The number of amidine groups is 1. The first-order valence-corrected chi connectivity index (χ1v) is 2.40. The van der Waals surface area contributed by atoms with Crippen LogP contribution in [0.3, 0.4) is 0 Å². The molecule has 7 heavy (non-hydrogen) atoms. The smallest absolute Gasteiger partial charge is 0.158 e. The molecule has 0 aromatic carbocycles. The fraction of sp³-hybridized carbons (Fsp3) is 0.333. The SMILES string of the molecule is S=CC1=NNCN1. The van der Waals surface area contributed by atoms with Crippen molar-refractivity contribution >= 4 is 23.4 Å². The first-order valence-electron chi connectivity index (χ1n) is 1.93. The largest absolute Gasteiger partial charge is 0.349 e. The van der Waals surface area contributed by atoms with E-state index in [9.17, 15) is 0 Å². The Morgan fingerprint density at radius 2 is 2.71 bits per heavy atom. The third kappa shape index (κ3) is 0.866. The second-order valence-corrected chi connectivity index (χ2v) is 1.36. The molecule has 2 N–H and O–H groups in total. The van der Waals surface area contributed by atoms with Crippen LogP contribution in [0.2, 0.25) is 0 Å². The molecule has 38 valence electrons. The van der Waals surface area contributed by atoms with E-state index in [-0.39, 0.29) is 0 Å². The lowest BCUT2D eigenvalue weighted by atomic mass is 10.7. The second-order valence-electron chi connectivity index (χ2n) is 1.13. The minimum absolute atomic E-state index is 0.697. The zero-order valence-electron chi connectivity index (χ0n) is 3.64. The molecule has 0 aromatic rings. The molecule has 0 radical (unpaired) electrons. The Labute approximate surface area is 46.8 Å². The normalized spacial score (nSPS) is 16.9. The maximum Gasteiger partial charge on any atom is 0.158 e. The predicted molar refractivity (Wildman–Crippen MR) is 32.2 cm³/mol. The second kappa shape index (κ2) is 1.88. The standard InChI is InChI=1S/C3H5N3S/c7-1-3-4-2-5-6-3/h1,5H,2H2,(H,4,6). The molecule has 1 rings (SSSR count). The summed E-state index contributed by atoms with van der Waals surface area (Å²) in [5.74, 6) is 0.745. The first kappa shape index (κ1) is 4.52. The fourth-order valence-corrected chi connectivity index (χ4v) is 0.498.